The van der Waals surface area contributed by atoms with Crippen LogP contribution in [0.2, 0.25) is 0 Å². The minimum atomic E-state index is 0.460. The van der Waals surface area contributed by atoms with E-state index in [0.717, 1.165) is 24.4 Å². The molecular weight excluding hydrogens is 252 g/mol. The molecule has 1 aliphatic carbocycles. The van der Waals surface area contributed by atoms with Gasteiger partial charge in [-0.1, -0.05) is 25.3 Å². The molecule has 3 rings (SSSR count). The molecule has 0 radical (unpaired) electrons. The zero-order chi connectivity index (χ0) is 13.8. The second-order valence-corrected chi connectivity index (χ2v) is 5.45. The average molecular weight is 274 g/mol. The molecule has 0 amide bonds. The summed E-state index contributed by atoms with van der Waals surface area (Å²) in [6, 6.07) is 4.02. The highest BCUT2D eigenvalue weighted by atomic mass is 16.5. The SMILES string of the molecule is Cc1cccn2nc(NCCOC3CCCCC3)nc12. The van der Waals surface area contributed by atoms with Crippen molar-refractivity contribution in [1.82, 2.24) is 14.6 Å². The quantitative estimate of drug-likeness (QED) is 0.852. The first-order chi connectivity index (χ1) is 9.83. The molecule has 2 aromatic heterocycles. The van der Waals surface area contributed by atoms with Crippen molar-refractivity contribution >= 4 is 11.6 Å². The number of hydrogen-bond acceptors (Lipinski definition) is 4. The number of ether oxygens (including phenoxy) is 1. The number of aromatic nitrogens is 3. The lowest BCUT2D eigenvalue weighted by molar-refractivity contribution is 0.0347. The third-order valence-electron chi connectivity index (χ3n) is 3.85. The van der Waals surface area contributed by atoms with E-state index in [2.05, 4.69) is 15.4 Å². The molecule has 0 aliphatic heterocycles. The van der Waals surface area contributed by atoms with Gasteiger partial charge >= 0.3 is 0 Å². The summed E-state index contributed by atoms with van der Waals surface area (Å²) in [5, 5.41) is 7.63. The third kappa shape index (κ3) is 3.10. The molecule has 1 N–H and O–H groups in total. The predicted octanol–water partition coefficient (Wildman–Crippen LogP) is 2.80. The van der Waals surface area contributed by atoms with E-state index in [9.17, 15) is 0 Å². The van der Waals surface area contributed by atoms with Crippen LogP contribution in [0.15, 0.2) is 18.3 Å². The second-order valence-electron chi connectivity index (χ2n) is 5.45. The van der Waals surface area contributed by atoms with Crippen LogP contribution in [-0.2, 0) is 4.74 Å². The van der Waals surface area contributed by atoms with Crippen LogP contribution < -0.4 is 5.32 Å². The zero-order valence-electron chi connectivity index (χ0n) is 12.0. The molecule has 108 valence electrons. The molecule has 0 saturated heterocycles. The van der Waals surface area contributed by atoms with Gasteiger partial charge in [-0.2, -0.15) is 4.98 Å². The highest BCUT2D eigenvalue weighted by molar-refractivity contribution is 5.49. The summed E-state index contributed by atoms with van der Waals surface area (Å²) in [5.41, 5.74) is 2.04. The molecule has 0 atom stereocenters. The number of nitrogens with zero attached hydrogens (tertiary/aromatic N) is 3. The van der Waals surface area contributed by atoms with E-state index in [1.165, 1.54) is 32.1 Å². The summed E-state index contributed by atoms with van der Waals surface area (Å²) in [6.07, 6.45) is 8.79. The number of anilines is 1. The van der Waals surface area contributed by atoms with E-state index in [1.807, 2.05) is 25.3 Å². The van der Waals surface area contributed by atoms with Crippen LogP contribution >= 0.6 is 0 Å². The maximum atomic E-state index is 5.88. The van der Waals surface area contributed by atoms with Crippen molar-refractivity contribution in [3.8, 4) is 0 Å². The predicted molar refractivity (Wildman–Crippen MR) is 79.0 cm³/mol. The summed E-state index contributed by atoms with van der Waals surface area (Å²) in [4.78, 5) is 4.48. The summed E-state index contributed by atoms with van der Waals surface area (Å²) in [7, 11) is 0. The van der Waals surface area contributed by atoms with Gasteiger partial charge in [-0.15, -0.1) is 5.10 Å². The molecule has 0 aromatic carbocycles. The fourth-order valence-corrected chi connectivity index (χ4v) is 2.73. The van der Waals surface area contributed by atoms with Crippen molar-refractivity contribution < 1.29 is 4.74 Å². The number of nitrogens with one attached hydrogen (secondary N) is 1. The average Bonchev–Trinajstić information content (AvgIpc) is 2.89. The summed E-state index contributed by atoms with van der Waals surface area (Å²) in [5.74, 6) is 0.673. The van der Waals surface area contributed by atoms with Crippen LogP contribution in [0.1, 0.15) is 37.7 Å². The first kappa shape index (κ1) is 13.4. The molecule has 2 aromatic rings. The molecule has 0 spiro atoms. The first-order valence-electron chi connectivity index (χ1n) is 7.50. The maximum Gasteiger partial charge on any atom is 0.243 e. The van der Waals surface area contributed by atoms with Crippen LogP contribution in [0.25, 0.3) is 5.65 Å². The minimum absolute atomic E-state index is 0.460. The van der Waals surface area contributed by atoms with Crippen molar-refractivity contribution in [2.24, 2.45) is 0 Å². The van der Waals surface area contributed by atoms with Gasteiger partial charge in [0.1, 0.15) is 0 Å². The molecular formula is C15H22N4O. The Balaban J connectivity index is 1.48. The van der Waals surface area contributed by atoms with E-state index in [-0.39, 0.29) is 0 Å². The number of hydrogen-bond donors (Lipinski definition) is 1. The summed E-state index contributed by atoms with van der Waals surface area (Å²) in [6.45, 7) is 3.52. The Morgan fingerprint density at radius 2 is 2.20 bits per heavy atom. The molecule has 0 unspecified atom stereocenters. The van der Waals surface area contributed by atoms with Gasteiger partial charge in [0.2, 0.25) is 5.95 Å². The second kappa shape index (κ2) is 6.22. The molecule has 1 aliphatic rings. The number of aryl methyl sites for hydroxylation is 1. The number of fused-ring (bicyclic) bond motifs is 1. The van der Waals surface area contributed by atoms with E-state index in [0.29, 0.717) is 12.1 Å². The van der Waals surface area contributed by atoms with Crippen LogP contribution in [0.4, 0.5) is 5.95 Å². The van der Waals surface area contributed by atoms with Crippen molar-refractivity contribution in [3.05, 3.63) is 23.9 Å². The van der Waals surface area contributed by atoms with E-state index >= 15 is 0 Å². The third-order valence-corrected chi connectivity index (χ3v) is 3.85. The molecule has 1 fully saturated rings. The van der Waals surface area contributed by atoms with E-state index in [4.69, 9.17) is 4.74 Å². The van der Waals surface area contributed by atoms with E-state index in [1.54, 1.807) is 4.52 Å². The Kier molecular flexibility index (Phi) is 4.16. The fraction of sp³-hybridized carbons (Fsp3) is 0.600. The number of rotatable bonds is 5. The van der Waals surface area contributed by atoms with Crippen LogP contribution in [0.3, 0.4) is 0 Å². The lowest BCUT2D eigenvalue weighted by Gasteiger charge is -2.21. The van der Waals surface area contributed by atoms with Crippen LogP contribution in [-0.4, -0.2) is 33.9 Å². The fourth-order valence-electron chi connectivity index (χ4n) is 2.73. The lowest BCUT2D eigenvalue weighted by atomic mass is 9.98. The standard InChI is InChI=1S/C15H22N4O/c1-12-6-5-10-19-14(12)17-15(18-19)16-9-11-20-13-7-3-2-4-8-13/h5-6,10,13H,2-4,7-9,11H2,1H3,(H,16,18). The lowest BCUT2D eigenvalue weighted by Crippen LogP contribution is -2.20. The van der Waals surface area contributed by atoms with Crippen LogP contribution in [0, 0.1) is 6.92 Å². The van der Waals surface area contributed by atoms with Gasteiger partial charge < -0.3 is 10.1 Å². The van der Waals surface area contributed by atoms with E-state index < -0.39 is 0 Å². The zero-order valence-corrected chi connectivity index (χ0v) is 12.0. The van der Waals surface area contributed by atoms with Gasteiger partial charge in [0.15, 0.2) is 5.65 Å². The number of pyridine rings is 1. The van der Waals surface area contributed by atoms with Crippen molar-refractivity contribution in [1.29, 1.82) is 0 Å². The minimum Gasteiger partial charge on any atom is -0.376 e. The highest BCUT2D eigenvalue weighted by Crippen LogP contribution is 2.20. The van der Waals surface area contributed by atoms with Gasteiger partial charge in [-0.25, -0.2) is 4.52 Å². The molecule has 5 heteroatoms. The molecule has 5 nitrogen and oxygen atoms in total. The topological polar surface area (TPSA) is 51.5 Å². The molecule has 1 saturated carbocycles. The van der Waals surface area contributed by atoms with Gasteiger partial charge in [0.05, 0.1) is 12.7 Å². The smallest absolute Gasteiger partial charge is 0.243 e. The van der Waals surface area contributed by atoms with Crippen molar-refractivity contribution in [2.75, 3.05) is 18.5 Å². The monoisotopic (exact) mass is 274 g/mol. The van der Waals surface area contributed by atoms with Gasteiger partial charge in [-0.3, -0.25) is 0 Å². The Hall–Kier alpha value is -1.62. The molecule has 0 bridgehead atoms. The first-order valence-corrected chi connectivity index (χ1v) is 7.50. The molecule has 2 heterocycles. The Morgan fingerprint density at radius 1 is 1.35 bits per heavy atom. The van der Waals surface area contributed by atoms with Crippen molar-refractivity contribution in [3.63, 3.8) is 0 Å². The molecule has 20 heavy (non-hydrogen) atoms. The summed E-state index contributed by atoms with van der Waals surface area (Å²) >= 11 is 0. The Labute approximate surface area is 119 Å². The highest BCUT2D eigenvalue weighted by Gasteiger charge is 2.13. The maximum absolute atomic E-state index is 5.88. The largest absolute Gasteiger partial charge is 0.376 e. The Morgan fingerprint density at radius 3 is 3.00 bits per heavy atom. The van der Waals surface area contributed by atoms with Gasteiger partial charge in [0.25, 0.3) is 0 Å². The summed E-state index contributed by atoms with van der Waals surface area (Å²) < 4.78 is 7.68. The van der Waals surface area contributed by atoms with Gasteiger partial charge in [-0.05, 0) is 31.4 Å². The van der Waals surface area contributed by atoms with Crippen molar-refractivity contribution in [2.45, 2.75) is 45.1 Å². The normalized spacial score (nSPS) is 16.6. The Bertz CT molecular complexity index is 560. The van der Waals surface area contributed by atoms with Gasteiger partial charge in [0, 0.05) is 12.7 Å². The van der Waals surface area contributed by atoms with Crippen LogP contribution in [0.5, 0.6) is 0 Å².